The molecule has 0 fully saturated rings. The first-order valence-corrected chi connectivity index (χ1v) is 16.8. The zero-order chi connectivity index (χ0) is 33.4. The van der Waals surface area contributed by atoms with Crippen molar-refractivity contribution in [2.75, 3.05) is 30.0 Å². The number of carbonyl (C=O) groups excluding carboxylic acids is 2. The van der Waals surface area contributed by atoms with Crippen molar-refractivity contribution >= 4 is 33.2 Å². The van der Waals surface area contributed by atoms with Crippen LogP contribution in [0.4, 0.5) is 11.4 Å². The number of benzene rings is 4. The van der Waals surface area contributed by atoms with Gasteiger partial charge in [0, 0.05) is 40.9 Å². The molecule has 0 radical (unpaired) electrons. The summed E-state index contributed by atoms with van der Waals surface area (Å²) in [6, 6.07) is 29.4. The minimum absolute atomic E-state index is 0.272. The highest BCUT2D eigenvalue weighted by Crippen LogP contribution is 2.25. The van der Waals surface area contributed by atoms with E-state index >= 15 is 0 Å². The molecule has 242 valence electrons. The van der Waals surface area contributed by atoms with E-state index in [1.165, 1.54) is 13.2 Å². The third-order valence-corrected chi connectivity index (χ3v) is 7.91. The van der Waals surface area contributed by atoms with E-state index in [1.807, 2.05) is 61.5 Å². The Kier molecular flexibility index (Phi) is 10.4. The van der Waals surface area contributed by atoms with Gasteiger partial charge in [-0.15, -0.1) is 0 Å². The number of ketones is 1. The molecule has 0 saturated heterocycles. The maximum Gasteiger partial charge on any atom is 0.328 e. The van der Waals surface area contributed by atoms with Crippen LogP contribution in [-0.4, -0.2) is 51.2 Å². The fraction of sp³-hybridized carbons (Fsp3) is 0.194. The molecule has 47 heavy (non-hydrogen) atoms. The number of rotatable bonds is 14. The SMILES string of the molecule is COC(=O)C(Cc1ccc(OCCc2nc(-c3ccccc3)oc2C)cc1)Nc1ccccc1C(=O)c1cccc(NS(C)(=O)=O)c1. The number of methoxy groups -OCH3 is 1. The molecule has 1 aromatic heterocycles. The van der Waals surface area contributed by atoms with E-state index in [-0.39, 0.29) is 23.5 Å². The lowest BCUT2D eigenvalue weighted by molar-refractivity contribution is -0.141. The smallest absolute Gasteiger partial charge is 0.328 e. The summed E-state index contributed by atoms with van der Waals surface area (Å²) in [4.78, 5) is 31.0. The van der Waals surface area contributed by atoms with Gasteiger partial charge in [-0.25, -0.2) is 18.2 Å². The number of hydrogen-bond acceptors (Lipinski definition) is 9. The van der Waals surface area contributed by atoms with Gasteiger partial charge >= 0.3 is 5.97 Å². The fourth-order valence-electron chi connectivity index (χ4n) is 5.01. The summed E-state index contributed by atoms with van der Waals surface area (Å²) in [6.45, 7) is 2.30. The Morgan fingerprint density at radius 1 is 0.915 bits per heavy atom. The van der Waals surface area contributed by atoms with Gasteiger partial charge in [-0.1, -0.05) is 54.6 Å². The van der Waals surface area contributed by atoms with Crippen LogP contribution in [0.3, 0.4) is 0 Å². The second-order valence-electron chi connectivity index (χ2n) is 10.9. The summed E-state index contributed by atoms with van der Waals surface area (Å²) < 4.78 is 42.6. The lowest BCUT2D eigenvalue weighted by Gasteiger charge is -2.20. The molecule has 0 aliphatic heterocycles. The van der Waals surface area contributed by atoms with Crippen LogP contribution in [0.25, 0.3) is 11.5 Å². The van der Waals surface area contributed by atoms with Crippen molar-refractivity contribution in [2.24, 2.45) is 0 Å². The molecule has 1 heterocycles. The van der Waals surface area contributed by atoms with Crippen LogP contribution in [0.1, 0.15) is 32.9 Å². The third-order valence-electron chi connectivity index (χ3n) is 7.30. The van der Waals surface area contributed by atoms with Crippen molar-refractivity contribution < 1.29 is 31.9 Å². The highest BCUT2D eigenvalue weighted by atomic mass is 32.2. The first-order chi connectivity index (χ1) is 22.6. The minimum Gasteiger partial charge on any atom is -0.493 e. The molecule has 0 aliphatic rings. The topological polar surface area (TPSA) is 137 Å². The van der Waals surface area contributed by atoms with Crippen molar-refractivity contribution in [2.45, 2.75) is 25.8 Å². The Labute approximate surface area is 273 Å². The van der Waals surface area contributed by atoms with E-state index < -0.39 is 22.0 Å². The van der Waals surface area contributed by atoms with E-state index in [0.29, 0.717) is 35.9 Å². The Morgan fingerprint density at radius 2 is 1.64 bits per heavy atom. The van der Waals surface area contributed by atoms with Crippen LogP contribution in [-0.2, 0) is 32.4 Å². The predicted molar refractivity (Wildman–Crippen MR) is 180 cm³/mol. The number of aryl methyl sites for hydroxylation is 1. The van der Waals surface area contributed by atoms with Crippen LogP contribution in [0.15, 0.2) is 108 Å². The third kappa shape index (κ3) is 8.86. The maximum atomic E-state index is 13.5. The highest BCUT2D eigenvalue weighted by Gasteiger charge is 2.23. The van der Waals surface area contributed by atoms with Crippen LogP contribution in [0.2, 0.25) is 0 Å². The minimum atomic E-state index is -3.52. The summed E-state index contributed by atoms with van der Waals surface area (Å²) >= 11 is 0. The van der Waals surface area contributed by atoms with Crippen molar-refractivity contribution in [1.82, 2.24) is 4.98 Å². The average molecular weight is 654 g/mol. The number of nitrogens with one attached hydrogen (secondary N) is 2. The lowest BCUT2D eigenvalue weighted by atomic mass is 9.99. The predicted octanol–water partition coefficient (Wildman–Crippen LogP) is 6.07. The van der Waals surface area contributed by atoms with E-state index in [4.69, 9.17) is 13.9 Å². The highest BCUT2D eigenvalue weighted by molar-refractivity contribution is 7.92. The molecule has 2 N–H and O–H groups in total. The Balaban J connectivity index is 1.23. The number of sulfonamides is 1. The number of oxazole rings is 1. The average Bonchev–Trinajstić information content (AvgIpc) is 3.44. The zero-order valence-corrected chi connectivity index (χ0v) is 27.0. The monoisotopic (exact) mass is 653 g/mol. The molecule has 5 aromatic rings. The van der Waals surface area contributed by atoms with Gasteiger partial charge in [-0.3, -0.25) is 9.52 Å². The molecule has 0 spiro atoms. The van der Waals surface area contributed by atoms with E-state index in [0.717, 1.165) is 28.8 Å². The van der Waals surface area contributed by atoms with Crippen molar-refractivity contribution in [3.63, 3.8) is 0 Å². The van der Waals surface area contributed by atoms with E-state index in [9.17, 15) is 18.0 Å². The van der Waals surface area contributed by atoms with Gasteiger partial charge < -0.3 is 19.2 Å². The van der Waals surface area contributed by atoms with E-state index in [1.54, 1.807) is 42.5 Å². The van der Waals surface area contributed by atoms with Gasteiger partial charge in [0.15, 0.2) is 5.78 Å². The summed E-state index contributed by atoms with van der Waals surface area (Å²) in [5.74, 6) is 1.17. The number of hydrogen-bond donors (Lipinski definition) is 2. The van der Waals surface area contributed by atoms with Crippen LogP contribution in [0.5, 0.6) is 5.75 Å². The van der Waals surface area contributed by atoms with Crippen LogP contribution in [0, 0.1) is 6.92 Å². The molecule has 4 aromatic carbocycles. The zero-order valence-electron chi connectivity index (χ0n) is 26.2. The number of esters is 1. The maximum absolute atomic E-state index is 13.5. The van der Waals surface area contributed by atoms with Crippen molar-refractivity contribution in [1.29, 1.82) is 0 Å². The number of anilines is 2. The van der Waals surface area contributed by atoms with Crippen molar-refractivity contribution in [3.05, 3.63) is 131 Å². The van der Waals surface area contributed by atoms with E-state index in [2.05, 4.69) is 15.0 Å². The fourth-order valence-corrected chi connectivity index (χ4v) is 5.57. The van der Waals surface area contributed by atoms with Gasteiger partial charge in [-0.05, 0) is 61.0 Å². The molecule has 0 saturated carbocycles. The molecule has 1 atom stereocenters. The van der Waals surface area contributed by atoms with Gasteiger partial charge in [0.25, 0.3) is 0 Å². The molecular weight excluding hydrogens is 618 g/mol. The van der Waals surface area contributed by atoms with Crippen molar-refractivity contribution in [3.8, 4) is 17.2 Å². The molecule has 5 rings (SSSR count). The first kappa shape index (κ1) is 33.0. The summed E-state index contributed by atoms with van der Waals surface area (Å²) in [6.07, 6.45) is 1.90. The quantitative estimate of drug-likeness (QED) is 0.108. The molecule has 1 unspecified atom stereocenters. The molecular formula is C36H35N3O7S. The molecule has 11 heteroatoms. The normalized spacial score (nSPS) is 11.8. The Morgan fingerprint density at radius 3 is 2.36 bits per heavy atom. The molecule has 0 bridgehead atoms. The second kappa shape index (κ2) is 14.8. The van der Waals surface area contributed by atoms with Gasteiger partial charge in [0.05, 0.1) is 25.7 Å². The summed E-state index contributed by atoms with van der Waals surface area (Å²) in [5, 5.41) is 3.18. The van der Waals surface area contributed by atoms with Gasteiger partial charge in [0.1, 0.15) is 17.6 Å². The number of ether oxygens (including phenoxy) is 2. The molecule has 0 aliphatic carbocycles. The number of aromatic nitrogens is 1. The standard InChI is InChI=1S/C36H35N3O7S/c1-24-31(38-35(46-24)26-10-5-4-6-11-26)20-21-45-29-18-16-25(17-19-29)22-33(36(41)44-2)37-32-15-8-7-14-30(32)34(40)27-12-9-13-28(23-27)39-47(3,42)43/h4-19,23,33,37,39H,20-22H2,1-3H3. The largest absolute Gasteiger partial charge is 0.493 e. The first-order valence-electron chi connectivity index (χ1n) is 14.9. The number of carbonyl (C=O) groups is 2. The van der Waals surface area contributed by atoms with Crippen LogP contribution < -0.4 is 14.8 Å². The summed E-state index contributed by atoms with van der Waals surface area (Å²) in [5.41, 5.74) is 3.92. The summed E-state index contributed by atoms with van der Waals surface area (Å²) in [7, 11) is -2.21. The van der Waals surface area contributed by atoms with Gasteiger partial charge in [-0.2, -0.15) is 0 Å². The Hall–Kier alpha value is -5.42. The second-order valence-corrected chi connectivity index (χ2v) is 12.6. The van der Waals surface area contributed by atoms with Crippen LogP contribution >= 0.6 is 0 Å². The molecule has 0 amide bonds. The lowest BCUT2D eigenvalue weighted by Crippen LogP contribution is -2.33. The number of nitrogens with zero attached hydrogens (tertiary/aromatic N) is 1. The number of para-hydroxylation sites is 1. The van der Waals surface area contributed by atoms with Gasteiger partial charge in [0.2, 0.25) is 15.9 Å². The Bertz CT molecular complexity index is 1960. The molecule has 10 nitrogen and oxygen atoms in total.